The number of hydrogen-bond acceptors (Lipinski definition) is 4. The molecule has 1 aliphatic heterocycles. The molecular formula is C16H29N3S. The molecule has 2 rings (SSSR count). The van der Waals surface area contributed by atoms with Gasteiger partial charge in [-0.05, 0) is 37.6 Å². The third-order valence-corrected chi connectivity index (χ3v) is 5.59. The van der Waals surface area contributed by atoms with Crippen LogP contribution in [-0.4, -0.2) is 25.1 Å². The predicted octanol–water partition coefficient (Wildman–Crippen LogP) is 3.69. The van der Waals surface area contributed by atoms with Crippen molar-refractivity contribution in [1.29, 1.82) is 0 Å². The first-order valence-corrected chi connectivity index (χ1v) is 8.65. The summed E-state index contributed by atoms with van der Waals surface area (Å²) in [5.41, 5.74) is 1.72. The van der Waals surface area contributed by atoms with Crippen LogP contribution >= 0.6 is 11.3 Å². The van der Waals surface area contributed by atoms with E-state index in [2.05, 4.69) is 37.9 Å². The molecule has 1 saturated heterocycles. The summed E-state index contributed by atoms with van der Waals surface area (Å²) in [6.07, 6.45) is 3.63. The molecule has 4 heteroatoms. The van der Waals surface area contributed by atoms with Crippen LogP contribution in [0.1, 0.15) is 51.1 Å². The largest absolute Gasteiger partial charge is 0.348 e. The van der Waals surface area contributed by atoms with Gasteiger partial charge in [-0.1, -0.05) is 27.7 Å². The number of thiazole rings is 1. The average molecular weight is 295 g/mol. The molecule has 3 nitrogen and oxygen atoms in total. The van der Waals surface area contributed by atoms with Crippen molar-refractivity contribution >= 4 is 16.5 Å². The zero-order valence-corrected chi connectivity index (χ0v) is 14.4. The summed E-state index contributed by atoms with van der Waals surface area (Å²) in [5, 5.41) is 4.49. The number of nitrogens with zero attached hydrogens (tertiary/aromatic N) is 2. The van der Waals surface area contributed by atoms with E-state index in [1.165, 1.54) is 28.5 Å². The zero-order chi connectivity index (χ0) is 14.8. The lowest BCUT2D eigenvalue weighted by Crippen LogP contribution is -2.38. The van der Waals surface area contributed by atoms with Crippen LogP contribution in [0.5, 0.6) is 0 Å². The van der Waals surface area contributed by atoms with Crippen molar-refractivity contribution in [3.8, 4) is 0 Å². The van der Waals surface area contributed by atoms with Crippen LogP contribution in [0.4, 0.5) is 5.13 Å². The molecule has 0 bridgehead atoms. The van der Waals surface area contributed by atoms with Gasteiger partial charge in [-0.15, -0.1) is 11.3 Å². The van der Waals surface area contributed by atoms with Crippen LogP contribution in [0, 0.1) is 11.3 Å². The third kappa shape index (κ3) is 3.53. The van der Waals surface area contributed by atoms with E-state index in [0.717, 1.165) is 32.0 Å². The maximum absolute atomic E-state index is 4.86. The SMILES string of the molecule is CCc1nc(N2CCC(C(C)(C)C)CC2)sc1CNC. The van der Waals surface area contributed by atoms with E-state index < -0.39 is 0 Å². The van der Waals surface area contributed by atoms with Crippen molar-refractivity contribution < 1.29 is 0 Å². The van der Waals surface area contributed by atoms with Crippen molar-refractivity contribution in [1.82, 2.24) is 10.3 Å². The maximum atomic E-state index is 4.86. The van der Waals surface area contributed by atoms with Gasteiger partial charge >= 0.3 is 0 Å². The number of rotatable bonds is 4. The highest BCUT2D eigenvalue weighted by molar-refractivity contribution is 7.15. The van der Waals surface area contributed by atoms with Crippen molar-refractivity contribution in [3.63, 3.8) is 0 Å². The zero-order valence-electron chi connectivity index (χ0n) is 13.6. The molecule has 0 amide bonds. The number of piperidine rings is 1. The molecule has 114 valence electrons. The second kappa shape index (κ2) is 6.44. The van der Waals surface area contributed by atoms with E-state index in [1.807, 2.05) is 18.4 Å². The van der Waals surface area contributed by atoms with Gasteiger partial charge in [0.15, 0.2) is 5.13 Å². The van der Waals surface area contributed by atoms with Gasteiger partial charge in [0, 0.05) is 24.5 Å². The van der Waals surface area contributed by atoms with Gasteiger partial charge < -0.3 is 10.2 Å². The Morgan fingerprint density at radius 2 is 1.95 bits per heavy atom. The summed E-state index contributed by atoms with van der Waals surface area (Å²) in [6.45, 7) is 12.6. The van der Waals surface area contributed by atoms with Gasteiger partial charge in [-0.2, -0.15) is 0 Å². The molecule has 1 N–H and O–H groups in total. The Kier molecular flexibility index (Phi) is 5.08. The van der Waals surface area contributed by atoms with Gasteiger partial charge in [0.25, 0.3) is 0 Å². The summed E-state index contributed by atoms with van der Waals surface area (Å²) in [4.78, 5) is 8.76. The normalized spacial score (nSPS) is 17.8. The molecule has 0 aromatic carbocycles. The lowest BCUT2D eigenvalue weighted by molar-refractivity contribution is 0.199. The van der Waals surface area contributed by atoms with E-state index in [9.17, 15) is 0 Å². The first kappa shape index (κ1) is 15.8. The summed E-state index contributed by atoms with van der Waals surface area (Å²) < 4.78 is 0. The lowest BCUT2D eigenvalue weighted by atomic mass is 9.75. The smallest absolute Gasteiger partial charge is 0.185 e. The molecule has 1 fully saturated rings. The average Bonchev–Trinajstić information content (AvgIpc) is 2.81. The Morgan fingerprint density at radius 3 is 2.45 bits per heavy atom. The van der Waals surface area contributed by atoms with E-state index in [4.69, 9.17) is 4.98 Å². The van der Waals surface area contributed by atoms with Crippen LogP contribution < -0.4 is 10.2 Å². The molecular weight excluding hydrogens is 266 g/mol. The van der Waals surface area contributed by atoms with E-state index in [-0.39, 0.29) is 0 Å². The number of nitrogens with one attached hydrogen (secondary N) is 1. The van der Waals surface area contributed by atoms with E-state index in [0.29, 0.717) is 5.41 Å². The second-order valence-corrected chi connectivity index (χ2v) is 7.94. The van der Waals surface area contributed by atoms with Crippen LogP contribution in [0.15, 0.2) is 0 Å². The minimum absolute atomic E-state index is 0.445. The fourth-order valence-electron chi connectivity index (χ4n) is 3.02. The number of aromatic nitrogens is 1. The van der Waals surface area contributed by atoms with Crippen molar-refractivity contribution in [3.05, 3.63) is 10.6 Å². The van der Waals surface area contributed by atoms with Gasteiger partial charge in [0.05, 0.1) is 5.69 Å². The summed E-state index contributed by atoms with van der Waals surface area (Å²) in [6, 6.07) is 0. The Labute approximate surface area is 127 Å². The minimum Gasteiger partial charge on any atom is -0.348 e. The molecule has 1 aromatic rings. The van der Waals surface area contributed by atoms with Gasteiger partial charge in [-0.3, -0.25) is 0 Å². The van der Waals surface area contributed by atoms with Crippen LogP contribution in [0.3, 0.4) is 0 Å². The molecule has 2 heterocycles. The molecule has 1 aliphatic rings. The molecule has 0 unspecified atom stereocenters. The highest BCUT2D eigenvalue weighted by atomic mass is 32.1. The van der Waals surface area contributed by atoms with Crippen molar-refractivity contribution in [2.45, 2.75) is 53.5 Å². The standard InChI is InChI=1S/C16H29N3S/c1-6-13-14(11-17-5)20-15(18-13)19-9-7-12(8-10-19)16(2,3)4/h12,17H,6-11H2,1-5H3. The Morgan fingerprint density at radius 1 is 1.30 bits per heavy atom. The first-order valence-electron chi connectivity index (χ1n) is 7.83. The Bertz CT molecular complexity index is 425. The van der Waals surface area contributed by atoms with E-state index >= 15 is 0 Å². The molecule has 0 aliphatic carbocycles. The molecule has 0 radical (unpaired) electrons. The molecule has 0 spiro atoms. The number of aryl methyl sites for hydroxylation is 1. The predicted molar refractivity (Wildman–Crippen MR) is 88.6 cm³/mol. The van der Waals surface area contributed by atoms with Crippen molar-refractivity contribution in [2.24, 2.45) is 11.3 Å². The summed E-state index contributed by atoms with van der Waals surface area (Å²) in [7, 11) is 2.01. The first-order chi connectivity index (χ1) is 9.45. The monoisotopic (exact) mass is 295 g/mol. The second-order valence-electron chi connectivity index (χ2n) is 6.88. The quantitative estimate of drug-likeness (QED) is 0.918. The van der Waals surface area contributed by atoms with Gasteiger partial charge in [0.2, 0.25) is 0 Å². The van der Waals surface area contributed by atoms with Gasteiger partial charge in [0.1, 0.15) is 0 Å². The summed E-state index contributed by atoms with van der Waals surface area (Å²) >= 11 is 1.88. The molecule has 0 saturated carbocycles. The fourth-order valence-corrected chi connectivity index (χ4v) is 4.23. The summed E-state index contributed by atoms with van der Waals surface area (Å²) in [5.74, 6) is 0.848. The van der Waals surface area contributed by atoms with E-state index in [1.54, 1.807) is 0 Å². The minimum atomic E-state index is 0.445. The highest BCUT2D eigenvalue weighted by Crippen LogP contribution is 2.37. The van der Waals surface area contributed by atoms with Gasteiger partial charge in [-0.25, -0.2) is 4.98 Å². The van der Waals surface area contributed by atoms with Crippen LogP contribution in [-0.2, 0) is 13.0 Å². The Hall–Kier alpha value is -0.610. The van der Waals surface area contributed by atoms with Crippen LogP contribution in [0.25, 0.3) is 0 Å². The third-order valence-electron chi connectivity index (χ3n) is 4.43. The molecule has 1 aromatic heterocycles. The molecule has 20 heavy (non-hydrogen) atoms. The topological polar surface area (TPSA) is 28.2 Å². The molecule has 0 atom stereocenters. The number of anilines is 1. The lowest BCUT2D eigenvalue weighted by Gasteiger charge is -2.38. The number of hydrogen-bond donors (Lipinski definition) is 1. The Balaban J connectivity index is 2.03. The highest BCUT2D eigenvalue weighted by Gasteiger charge is 2.29. The maximum Gasteiger partial charge on any atom is 0.185 e. The van der Waals surface area contributed by atoms with Crippen molar-refractivity contribution in [2.75, 3.05) is 25.0 Å². The fraction of sp³-hybridized carbons (Fsp3) is 0.812. The van der Waals surface area contributed by atoms with Crippen LogP contribution in [0.2, 0.25) is 0 Å².